The van der Waals surface area contributed by atoms with Crippen molar-refractivity contribution in [1.82, 2.24) is 20.2 Å². The summed E-state index contributed by atoms with van der Waals surface area (Å²) in [6.07, 6.45) is 0. The molecule has 3 aromatic rings. The van der Waals surface area contributed by atoms with E-state index in [1.54, 1.807) is 32.0 Å². The van der Waals surface area contributed by atoms with Crippen LogP contribution in [-0.2, 0) is 0 Å². The van der Waals surface area contributed by atoms with Gasteiger partial charge >= 0.3 is 0 Å². The van der Waals surface area contributed by atoms with Crippen LogP contribution in [0.3, 0.4) is 0 Å². The molecule has 2 N–H and O–H groups in total. The molecule has 0 spiro atoms. The normalized spacial score (nSPS) is 10.8. The fourth-order valence-electron chi connectivity index (χ4n) is 1.75. The zero-order valence-corrected chi connectivity index (χ0v) is 10.4. The fourth-order valence-corrected chi connectivity index (χ4v) is 1.75. The number of carbonyl (C=O) groups excluding carboxylic acids is 1. The summed E-state index contributed by atoms with van der Waals surface area (Å²) < 4.78 is 5.36. The maximum absolute atomic E-state index is 11.9. The average Bonchev–Trinajstić information content (AvgIpc) is 2.93. The van der Waals surface area contributed by atoms with E-state index in [9.17, 15) is 4.79 Å². The lowest BCUT2D eigenvalue weighted by atomic mass is 10.3. The van der Waals surface area contributed by atoms with Crippen LogP contribution >= 0.6 is 0 Å². The van der Waals surface area contributed by atoms with E-state index in [0.717, 1.165) is 0 Å². The quantitative estimate of drug-likeness (QED) is 0.729. The van der Waals surface area contributed by atoms with Gasteiger partial charge in [-0.1, -0.05) is 0 Å². The predicted molar refractivity (Wildman–Crippen MR) is 67.8 cm³/mol. The first-order chi connectivity index (χ1) is 9.11. The maximum Gasteiger partial charge on any atom is 0.295 e. The molecule has 0 unspecified atom stereocenters. The number of fused-ring (bicyclic) bond motifs is 1. The summed E-state index contributed by atoms with van der Waals surface area (Å²) in [6.45, 7) is 3.50. The first kappa shape index (κ1) is 11.4. The van der Waals surface area contributed by atoms with Crippen LogP contribution in [0.5, 0.6) is 0 Å². The Morgan fingerprint density at radius 1 is 1.32 bits per heavy atom. The monoisotopic (exact) mass is 257 g/mol. The second kappa shape index (κ2) is 4.20. The van der Waals surface area contributed by atoms with Crippen molar-refractivity contribution in [2.45, 2.75) is 13.8 Å². The molecule has 7 heteroatoms. The van der Waals surface area contributed by atoms with Crippen LogP contribution in [-0.4, -0.2) is 26.1 Å². The summed E-state index contributed by atoms with van der Waals surface area (Å²) in [4.78, 5) is 20.0. The number of amides is 1. The zero-order valence-electron chi connectivity index (χ0n) is 10.4. The highest BCUT2D eigenvalue weighted by Crippen LogP contribution is 2.19. The summed E-state index contributed by atoms with van der Waals surface area (Å²) in [5.74, 6) is 0.911. The molecule has 19 heavy (non-hydrogen) atoms. The summed E-state index contributed by atoms with van der Waals surface area (Å²) in [6, 6.07) is 5.24. The molecular weight excluding hydrogens is 246 g/mol. The molecule has 0 aliphatic rings. The highest BCUT2D eigenvalue weighted by atomic mass is 16.3. The lowest BCUT2D eigenvalue weighted by Gasteiger charge is -2.01. The third-order valence-corrected chi connectivity index (χ3v) is 2.55. The Balaban J connectivity index is 1.86. The van der Waals surface area contributed by atoms with E-state index < -0.39 is 0 Å². The molecule has 1 aromatic carbocycles. The number of hydrogen-bond acceptors (Lipinski definition) is 5. The number of nitrogens with zero attached hydrogens (tertiary/aromatic N) is 3. The molecule has 96 valence electrons. The minimum atomic E-state index is -0.371. The molecule has 0 aliphatic heterocycles. The standard InChI is InChI=1S/C12H11N5O2/c1-6-13-11(17-16-6)12(18)15-8-3-4-10-9(5-8)14-7(2)19-10/h3-5H,1-2H3,(H,15,18)(H,13,16,17). The predicted octanol–water partition coefficient (Wildman–Crippen LogP) is 1.82. The number of aromatic nitrogens is 4. The Kier molecular flexibility index (Phi) is 2.52. The van der Waals surface area contributed by atoms with Gasteiger partial charge in [-0.3, -0.25) is 9.89 Å². The van der Waals surface area contributed by atoms with E-state index in [1.807, 2.05) is 0 Å². The van der Waals surface area contributed by atoms with Crippen molar-refractivity contribution in [3.05, 3.63) is 35.7 Å². The van der Waals surface area contributed by atoms with E-state index in [1.165, 1.54) is 0 Å². The third kappa shape index (κ3) is 2.17. The van der Waals surface area contributed by atoms with Crippen molar-refractivity contribution in [3.63, 3.8) is 0 Å². The molecule has 0 saturated carbocycles. The van der Waals surface area contributed by atoms with Crippen molar-refractivity contribution in [2.75, 3.05) is 5.32 Å². The second-order valence-corrected chi connectivity index (χ2v) is 4.11. The SMILES string of the molecule is Cc1nc(C(=O)Nc2ccc3oc(C)nc3c2)n[nH]1. The van der Waals surface area contributed by atoms with Crippen LogP contribution in [0.15, 0.2) is 22.6 Å². The number of nitrogens with one attached hydrogen (secondary N) is 2. The van der Waals surface area contributed by atoms with E-state index in [-0.39, 0.29) is 11.7 Å². The van der Waals surface area contributed by atoms with Gasteiger partial charge in [0.25, 0.3) is 5.91 Å². The van der Waals surface area contributed by atoms with Gasteiger partial charge in [0.1, 0.15) is 11.3 Å². The van der Waals surface area contributed by atoms with Crippen molar-refractivity contribution < 1.29 is 9.21 Å². The molecule has 1 amide bonds. The van der Waals surface area contributed by atoms with Crippen LogP contribution in [0.2, 0.25) is 0 Å². The zero-order chi connectivity index (χ0) is 13.4. The minimum Gasteiger partial charge on any atom is -0.441 e. The number of hydrogen-bond donors (Lipinski definition) is 2. The van der Waals surface area contributed by atoms with Crippen LogP contribution < -0.4 is 5.32 Å². The molecule has 2 heterocycles. The van der Waals surface area contributed by atoms with E-state index >= 15 is 0 Å². The average molecular weight is 257 g/mol. The van der Waals surface area contributed by atoms with Crippen LogP contribution in [0, 0.1) is 13.8 Å². The summed E-state index contributed by atoms with van der Waals surface area (Å²) >= 11 is 0. The Hall–Kier alpha value is -2.70. The molecule has 3 rings (SSSR count). The molecule has 0 atom stereocenters. The van der Waals surface area contributed by atoms with Crippen molar-refractivity contribution in [3.8, 4) is 0 Å². The van der Waals surface area contributed by atoms with Gasteiger partial charge in [0.2, 0.25) is 5.82 Å². The smallest absolute Gasteiger partial charge is 0.295 e. The summed E-state index contributed by atoms with van der Waals surface area (Å²) in [5, 5.41) is 9.12. The molecule has 0 saturated heterocycles. The van der Waals surface area contributed by atoms with Gasteiger partial charge in [-0.2, -0.15) is 0 Å². The fraction of sp³-hybridized carbons (Fsp3) is 0.167. The van der Waals surface area contributed by atoms with Crippen LogP contribution in [0.4, 0.5) is 5.69 Å². The largest absolute Gasteiger partial charge is 0.441 e. The first-order valence-electron chi connectivity index (χ1n) is 5.69. The number of aryl methyl sites for hydroxylation is 2. The van der Waals surface area contributed by atoms with E-state index in [0.29, 0.717) is 28.5 Å². The Bertz CT molecular complexity index is 758. The van der Waals surface area contributed by atoms with Crippen molar-refractivity contribution in [1.29, 1.82) is 0 Å². The Morgan fingerprint density at radius 3 is 2.89 bits per heavy atom. The second-order valence-electron chi connectivity index (χ2n) is 4.11. The van der Waals surface area contributed by atoms with Gasteiger partial charge < -0.3 is 9.73 Å². The third-order valence-electron chi connectivity index (χ3n) is 2.55. The lowest BCUT2D eigenvalue weighted by molar-refractivity contribution is 0.101. The highest BCUT2D eigenvalue weighted by molar-refractivity contribution is 6.02. The number of carbonyl (C=O) groups is 1. The summed E-state index contributed by atoms with van der Waals surface area (Å²) in [7, 11) is 0. The van der Waals surface area contributed by atoms with Gasteiger partial charge in [0, 0.05) is 12.6 Å². The summed E-state index contributed by atoms with van der Waals surface area (Å²) in [5.41, 5.74) is 2.00. The molecule has 0 radical (unpaired) electrons. The molecular formula is C12H11N5O2. The number of rotatable bonds is 2. The van der Waals surface area contributed by atoms with Gasteiger partial charge in [-0.15, -0.1) is 5.10 Å². The minimum absolute atomic E-state index is 0.105. The van der Waals surface area contributed by atoms with E-state index in [2.05, 4.69) is 25.5 Å². The van der Waals surface area contributed by atoms with Gasteiger partial charge in [-0.05, 0) is 25.1 Å². The molecule has 0 fully saturated rings. The van der Waals surface area contributed by atoms with Crippen LogP contribution in [0.25, 0.3) is 11.1 Å². The van der Waals surface area contributed by atoms with Gasteiger partial charge in [0.15, 0.2) is 11.5 Å². The molecule has 2 aromatic heterocycles. The van der Waals surface area contributed by atoms with Crippen molar-refractivity contribution in [2.24, 2.45) is 0 Å². The molecule has 7 nitrogen and oxygen atoms in total. The number of oxazole rings is 1. The Morgan fingerprint density at radius 2 is 2.16 bits per heavy atom. The maximum atomic E-state index is 11.9. The Labute approximate surface area is 108 Å². The van der Waals surface area contributed by atoms with Crippen LogP contribution in [0.1, 0.15) is 22.3 Å². The topological polar surface area (TPSA) is 96.7 Å². The molecule has 0 aliphatic carbocycles. The lowest BCUT2D eigenvalue weighted by Crippen LogP contribution is -2.13. The van der Waals surface area contributed by atoms with Gasteiger partial charge in [-0.25, -0.2) is 9.97 Å². The first-order valence-corrected chi connectivity index (χ1v) is 5.69. The highest BCUT2D eigenvalue weighted by Gasteiger charge is 2.12. The van der Waals surface area contributed by atoms with Gasteiger partial charge in [0.05, 0.1) is 0 Å². The molecule has 0 bridgehead atoms. The number of benzene rings is 1. The number of H-pyrrole nitrogens is 1. The van der Waals surface area contributed by atoms with Crippen molar-refractivity contribution >= 4 is 22.7 Å². The number of aromatic amines is 1. The number of anilines is 1. The van der Waals surface area contributed by atoms with E-state index in [4.69, 9.17) is 4.42 Å².